The van der Waals surface area contributed by atoms with Gasteiger partial charge in [-0.1, -0.05) is 5.16 Å². The van der Waals surface area contributed by atoms with Crippen molar-refractivity contribution >= 4 is 17.6 Å². The molecule has 0 aliphatic rings. The molecule has 0 saturated carbocycles. The van der Waals surface area contributed by atoms with Crippen molar-refractivity contribution in [1.82, 2.24) is 5.16 Å². The van der Waals surface area contributed by atoms with E-state index in [0.717, 1.165) is 22.6 Å². The van der Waals surface area contributed by atoms with Crippen LogP contribution in [0.5, 0.6) is 5.75 Å². The third kappa shape index (κ3) is 4.63. The minimum absolute atomic E-state index is 0.254. The first kappa shape index (κ1) is 20.1. The predicted molar refractivity (Wildman–Crippen MR) is 107 cm³/mol. The van der Waals surface area contributed by atoms with Gasteiger partial charge in [0.15, 0.2) is 0 Å². The highest BCUT2D eigenvalue weighted by Gasteiger charge is 2.12. The number of methoxy groups -OCH3 is 1. The number of aromatic nitrogens is 1. The first-order chi connectivity index (χ1) is 13.9. The lowest BCUT2D eigenvalue weighted by atomic mass is 10.1. The van der Waals surface area contributed by atoms with Crippen LogP contribution in [-0.2, 0) is 11.3 Å². The Hall–Kier alpha value is -3.61. The summed E-state index contributed by atoms with van der Waals surface area (Å²) in [7, 11) is 1.33. The lowest BCUT2D eigenvalue weighted by Crippen LogP contribution is -2.13. The molecule has 0 atom stereocenters. The number of aryl methyl sites for hydroxylation is 3. The Bertz CT molecular complexity index is 1020. The molecule has 1 N–H and O–H groups in total. The van der Waals surface area contributed by atoms with E-state index in [-0.39, 0.29) is 5.91 Å². The summed E-state index contributed by atoms with van der Waals surface area (Å²) in [6, 6.07) is 11.8. The average molecular weight is 394 g/mol. The van der Waals surface area contributed by atoms with Crippen LogP contribution in [0.2, 0.25) is 0 Å². The second-order valence-electron chi connectivity index (χ2n) is 6.59. The maximum Gasteiger partial charge on any atom is 0.337 e. The predicted octanol–water partition coefficient (Wildman–Crippen LogP) is 4.22. The second kappa shape index (κ2) is 8.60. The van der Waals surface area contributed by atoms with Gasteiger partial charge >= 0.3 is 5.97 Å². The number of hydrogen-bond acceptors (Lipinski definition) is 6. The Morgan fingerprint density at radius 1 is 1.03 bits per heavy atom. The summed E-state index contributed by atoms with van der Waals surface area (Å²) < 4.78 is 15.6. The number of carbonyl (C=O) groups excluding carboxylic acids is 2. The zero-order chi connectivity index (χ0) is 21.0. The standard InChI is InChI=1S/C22H22N2O5/c1-13-11-17(22(26)27-4)7-10-20(13)23-21(25)16-5-8-18(9-6-16)28-12-19-14(2)24-29-15(19)3/h5-11H,12H2,1-4H3,(H,23,25). The van der Waals surface area contributed by atoms with Gasteiger partial charge in [-0.2, -0.15) is 0 Å². The fourth-order valence-corrected chi connectivity index (χ4v) is 2.81. The molecule has 29 heavy (non-hydrogen) atoms. The number of carbonyl (C=O) groups is 2. The van der Waals surface area contributed by atoms with Gasteiger partial charge in [-0.25, -0.2) is 4.79 Å². The Morgan fingerprint density at radius 3 is 2.31 bits per heavy atom. The molecule has 1 aromatic heterocycles. The molecule has 1 heterocycles. The van der Waals surface area contributed by atoms with Gasteiger partial charge in [0.1, 0.15) is 18.1 Å². The van der Waals surface area contributed by atoms with Gasteiger partial charge in [0.2, 0.25) is 0 Å². The molecule has 3 aromatic rings. The van der Waals surface area contributed by atoms with Crippen molar-refractivity contribution < 1.29 is 23.6 Å². The third-order valence-electron chi connectivity index (χ3n) is 4.58. The van der Waals surface area contributed by atoms with Crippen molar-refractivity contribution in [3.63, 3.8) is 0 Å². The van der Waals surface area contributed by atoms with Crippen LogP contribution in [0.1, 0.15) is 43.3 Å². The van der Waals surface area contributed by atoms with Crippen LogP contribution in [0.25, 0.3) is 0 Å². The van der Waals surface area contributed by atoms with Gasteiger partial charge in [-0.15, -0.1) is 0 Å². The average Bonchev–Trinajstić information content (AvgIpc) is 3.05. The Kier molecular flexibility index (Phi) is 5.97. The van der Waals surface area contributed by atoms with Crippen molar-refractivity contribution in [3.8, 4) is 5.75 Å². The summed E-state index contributed by atoms with van der Waals surface area (Å²) in [6.07, 6.45) is 0. The lowest BCUT2D eigenvalue weighted by Gasteiger charge is -2.10. The van der Waals surface area contributed by atoms with E-state index in [0.29, 0.717) is 29.2 Å². The number of rotatable bonds is 6. The molecule has 0 fully saturated rings. The van der Waals surface area contributed by atoms with Crippen LogP contribution >= 0.6 is 0 Å². The van der Waals surface area contributed by atoms with Crippen molar-refractivity contribution in [3.05, 3.63) is 76.2 Å². The maximum atomic E-state index is 12.5. The highest BCUT2D eigenvalue weighted by atomic mass is 16.5. The van der Waals surface area contributed by atoms with Gasteiger partial charge in [-0.3, -0.25) is 4.79 Å². The van der Waals surface area contributed by atoms with Crippen LogP contribution in [0.15, 0.2) is 47.0 Å². The van der Waals surface area contributed by atoms with Crippen molar-refractivity contribution in [1.29, 1.82) is 0 Å². The largest absolute Gasteiger partial charge is 0.489 e. The molecule has 0 aliphatic carbocycles. The van der Waals surface area contributed by atoms with E-state index in [2.05, 4.69) is 10.5 Å². The van der Waals surface area contributed by atoms with E-state index < -0.39 is 5.97 Å². The Morgan fingerprint density at radius 2 is 1.72 bits per heavy atom. The summed E-state index contributed by atoms with van der Waals surface area (Å²) in [6.45, 7) is 5.86. The molecule has 3 rings (SSSR count). The molecule has 150 valence electrons. The topological polar surface area (TPSA) is 90.7 Å². The van der Waals surface area contributed by atoms with Gasteiger partial charge in [0, 0.05) is 11.3 Å². The van der Waals surface area contributed by atoms with Crippen LogP contribution in [0, 0.1) is 20.8 Å². The van der Waals surface area contributed by atoms with Crippen molar-refractivity contribution in [2.45, 2.75) is 27.4 Å². The molecule has 1 amide bonds. The van der Waals surface area contributed by atoms with Crippen LogP contribution in [0.3, 0.4) is 0 Å². The summed E-state index contributed by atoms with van der Waals surface area (Å²) in [5, 5.41) is 6.75. The van der Waals surface area contributed by atoms with E-state index >= 15 is 0 Å². The highest BCUT2D eigenvalue weighted by Crippen LogP contribution is 2.20. The smallest absolute Gasteiger partial charge is 0.337 e. The van der Waals surface area contributed by atoms with Crippen molar-refractivity contribution in [2.75, 3.05) is 12.4 Å². The Balaban J connectivity index is 1.64. The molecule has 0 bridgehead atoms. The molecule has 7 heteroatoms. The number of nitrogens with one attached hydrogen (secondary N) is 1. The van der Waals surface area contributed by atoms with E-state index in [9.17, 15) is 9.59 Å². The zero-order valence-corrected chi connectivity index (χ0v) is 16.7. The fourth-order valence-electron chi connectivity index (χ4n) is 2.81. The fraction of sp³-hybridized carbons (Fsp3) is 0.227. The third-order valence-corrected chi connectivity index (χ3v) is 4.58. The van der Waals surface area contributed by atoms with Crippen LogP contribution in [0.4, 0.5) is 5.69 Å². The zero-order valence-electron chi connectivity index (χ0n) is 16.7. The summed E-state index contributed by atoms with van der Waals surface area (Å²) >= 11 is 0. The molecule has 0 aliphatic heterocycles. The minimum atomic E-state index is -0.418. The monoisotopic (exact) mass is 394 g/mol. The molecular formula is C22H22N2O5. The molecule has 2 aromatic carbocycles. The van der Waals surface area contributed by atoms with Crippen LogP contribution in [-0.4, -0.2) is 24.1 Å². The molecule has 0 saturated heterocycles. The number of nitrogens with zero attached hydrogens (tertiary/aromatic N) is 1. The van der Waals surface area contributed by atoms with Gasteiger partial charge in [0.05, 0.1) is 23.9 Å². The number of esters is 1. The number of amides is 1. The second-order valence-corrected chi connectivity index (χ2v) is 6.59. The molecule has 0 unspecified atom stereocenters. The Labute approximate surface area is 168 Å². The molecule has 7 nitrogen and oxygen atoms in total. The van der Waals surface area contributed by atoms with Crippen molar-refractivity contribution in [2.24, 2.45) is 0 Å². The SMILES string of the molecule is COC(=O)c1ccc(NC(=O)c2ccc(OCc3c(C)noc3C)cc2)c(C)c1. The molecule has 0 spiro atoms. The van der Waals surface area contributed by atoms with Gasteiger partial charge < -0.3 is 19.3 Å². The number of benzene rings is 2. The van der Waals surface area contributed by atoms with E-state index in [1.807, 2.05) is 20.8 Å². The molecular weight excluding hydrogens is 372 g/mol. The van der Waals surface area contributed by atoms with E-state index in [4.69, 9.17) is 14.0 Å². The summed E-state index contributed by atoms with van der Waals surface area (Å²) in [4.78, 5) is 24.1. The van der Waals surface area contributed by atoms with E-state index in [1.165, 1.54) is 7.11 Å². The molecule has 0 radical (unpaired) electrons. The summed E-state index contributed by atoms with van der Waals surface area (Å²) in [5.41, 5.74) is 4.03. The normalized spacial score (nSPS) is 10.5. The van der Waals surface area contributed by atoms with Gasteiger partial charge in [0.25, 0.3) is 5.91 Å². The quantitative estimate of drug-likeness (QED) is 0.630. The number of ether oxygens (including phenoxy) is 2. The first-order valence-electron chi connectivity index (χ1n) is 9.04. The summed E-state index contributed by atoms with van der Waals surface area (Å²) in [5.74, 6) is 0.696. The maximum absolute atomic E-state index is 12.5. The van der Waals surface area contributed by atoms with Gasteiger partial charge in [-0.05, 0) is 68.8 Å². The highest BCUT2D eigenvalue weighted by molar-refractivity contribution is 6.05. The van der Waals surface area contributed by atoms with Crippen LogP contribution < -0.4 is 10.1 Å². The lowest BCUT2D eigenvalue weighted by molar-refractivity contribution is 0.0600. The van der Waals surface area contributed by atoms with E-state index in [1.54, 1.807) is 42.5 Å². The minimum Gasteiger partial charge on any atom is -0.489 e. The number of anilines is 1. The first-order valence-corrected chi connectivity index (χ1v) is 9.04. The number of hydrogen-bond donors (Lipinski definition) is 1.